The lowest BCUT2D eigenvalue weighted by molar-refractivity contribution is -0.173. The van der Waals surface area contributed by atoms with Crippen LogP contribution in [0.15, 0.2) is 0 Å². The molecule has 0 aliphatic carbocycles. The minimum Gasteiger partial charge on any atom is -0.372 e. The van der Waals surface area contributed by atoms with Gasteiger partial charge in [0.15, 0.2) is 0 Å². The first kappa shape index (κ1) is 15.9. The zero-order valence-corrected chi connectivity index (χ0v) is 10.1. The Hall–Kier alpha value is -0.140. The van der Waals surface area contributed by atoms with Crippen LogP contribution in [0.3, 0.4) is 0 Å². The van der Waals surface area contributed by atoms with Crippen molar-refractivity contribution in [2.75, 3.05) is 38.3 Å². The molecule has 0 saturated carbocycles. The second-order valence-electron chi connectivity index (χ2n) is 3.40. The highest BCUT2D eigenvalue weighted by atomic mass is 32.2. The Balaban J connectivity index is 3.07. The average Bonchev–Trinajstić information content (AvgIpc) is 2.13. The van der Waals surface area contributed by atoms with E-state index in [1.807, 2.05) is 0 Å². The molecule has 7 heteroatoms. The summed E-state index contributed by atoms with van der Waals surface area (Å²) in [5, 5.41) is 3.04. The van der Waals surface area contributed by atoms with Crippen molar-refractivity contribution in [3.8, 4) is 0 Å². The van der Waals surface area contributed by atoms with E-state index >= 15 is 0 Å². The average molecular weight is 261 g/mol. The van der Waals surface area contributed by atoms with Gasteiger partial charge >= 0.3 is 6.18 Å². The summed E-state index contributed by atoms with van der Waals surface area (Å²) < 4.78 is 50.0. The monoisotopic (exact) mass is 261 g/mol. The van der Waals surface area contributed by atoms with E-state index in [0.717, 1.165) is 13.0 Å². The minimum atomic E-state index is -4.24. The number of nitrogens with one attached hydrogen (secondary N) is 1. The van der Waals surface area contributed by atoms with Crippen molar-refractivity contribution in [3.05, 3.63) is 0 Å². The number of hydrogen-bond acceptors (Lipinski definition) is 3. The van der Waals surface area contributed by atoms with Crippen LogP contribution in [0.2, 0.25) is 0 Å². The van der Waals surface area contributed by atoms with E-state index in [4.69, 9.17) is 0 Å². The van der Waals surface area contributed by atoms with Gasteiger partial charge in [0, 0.05) is 29.4 Å². The standard InChI is InChI=1S/C9H18F3NO2S/c1-16(14)7-3-5-13-4-2-6-15-8-9(10,11)12/h13H,2-8H2,1H3. The molecular formula is C9H18F3NO2S. The summed E-state index contributed by atoms with van der Waals surface area (Å²) >= 11 is 0. The highest BCUT2D eigenvalue weighted by Crippen LogP contribution is 2.14. The lowest BCUT2D eigenvalue weighted by atomic mass is 10.4. The Kier molecular flexibility index (Phi) is 8.87. The molecular weight excluding hydrogens is 243 g/mol. The zero-order chi connectivity index (χ0) is 12.4. The van der Waals surface area contributed by atoms with Crippen LogP contribution in [0, 0.1) is 0 Å². The van der Waals surface area contributed by atoms with E-state index in [-0.39, 0.29) is 6.61 Å². The van der Waals surface area contributed by atoms with Crippen LogP contribution in [0.1, 0.15) is 12.8 Å². The van der Waals surface area contributed by atoms with Crippen LogP contribution < -0.4 is 5.32 Å². The molecule has 0 heterocycles. The summed E-state index contributed by atoms with van der Waals surface area (Å²) in [5.74, 6) is 0.650. The molecule has 0 aromatic carbocycles. The minimum absolute atomic E-state index is 0.103. The van der Waals surface area contributed by atoms with Gasteiger partial charge in [0.05, 0.1) is 0 Å². The first-order valence-electron chi connectivity index (χ1n) is 5.07. The van der Waals surface area contributed by atoms with Crippen LogP contribution in [-0.2, 0) is 15.5 Å². The zero-order valence-electron chi connectivity index (χ0n) is 9.31. The molecule has 3 nitrogen and oxygen atoms in total. The van der Waals surface area contributed by atoms with Gasteiger partial charge < -0.3 is 10.1 Å². The smallest absolute Gasteiger partial charge is 0.372 e. The fraction of sp³-hybridized carbons (Fsp3) is 1.00. The molecule has 1 N–H and O–H groups in total. The Labute approximate surface area is 96.2 Å². The predicted octanol–water partition coefficient (Wildman–Crippen LogP) is 1.31. The third kappa shape index (κ3) is 13.9. The van der Waals surface area contributed by atoms with Crippen molar-refractivity contribution < 1.29 is 22.1 Å². The molecule has 1 unspecified atom stereocenters. The summed E-state index contributed by atoms with van der Waals surface area (Å²) in [4.78, 5) is 0. The van der Waals surface area contributed by atoms with Crippen LogP contribution in [0.4, 0.5) is 13.2 Å². The normalized spacial score (nSPS) is 14.0. The van der Waals surface area contributed by atoms with Gasteiger partial charge in [-0.25, -0.2) is 0 Å². The SMILES string of the molecule is CS(=O)CCCNCCCOCC(F)(F)F. The number of alkyl halides is 3. The second-order valence-corrected chi connectivity index (χ2v) is 4.96. The fourth-order valence-corrected chi connectivity index (χ4v) is 1.56. The summed E-state index contributed by atoms with van der Waals surface area (Å²) in [6, 6.07) is 0. The van der Waals surface area contributed by atoms with Crippen LogP contribution in [0.25, 0.3) is 0 Å². The quantitative estimate of drug-likeness (QED) is 0.636. The maximum absolute atomic E-state index is 11.6. The number of hydrogen-bond donors (Lipinski definition) is 1. The van der Waals surface area contributed by atoms with E-state index in [9.17, 15) is 17.4 Å². The summed E-state index contributed by atoms with van der Waals surface area (Å²) in [6.07, 6.45) is -1.23. The molecule has 16 heavy (non-hydrogen) atoms. The molecule has 0 aliphatic heterocycles. The molecule has 0 saturated heterocycles. The van der Waals surface area contributed by atoms with Gasteiger partial charge in [-0.1, -0.05) is 0 Å². The fourth-order valence-electron chi connectivity index (χ4n) is 1.01. The van der Waals surface area contributed by atoms with Gasteiger partial charge in [0.25, 0.3) is 0 Å². The molecule has 0 aromatic rings. The lowest BCUT2D eigenvalue weighted by Gasteiger charge is -2.07. The van der Waals surface area contributed by atoms with Gasteiger partial charge in [-0.2, -0.15) is 13.2 Å². The molecule has 0 amide bonds. The van der Waals surface area contributed by atoms with Gasteiger partial charge in [-0.3, -0.25) is 4.21 Å². The van der Waals surface area contributed by atoms with E-state index < -0.39 is 23.6 Å². The molecule has 0 radical (unpaired) electrons. The summed E-state index contributed by atoms with van der Waals surface area (Å²) in [6.45, 7) is 0.279. The van der Waals surface area contributed by atoms with Crippen molar-refractivity contribution in [3.63, 3.8) is 0 Å². The molecule has 0 fully saturated rings. The van der Waals surface area contributed by atoms with Crippen molar-refractivity contribution >= 4 is 10.8 Å². The maximum atomic E-state index is 11.6. The summed E-state index contributed by atoms with van der Waals surface area (Å²) in [7, 11) is -0.776. The van der Waals surface area contributed by atoms with E-state index in [1.54, 1.807) is 6.26 Å². The third-order valence-electron chi connectivity index (χ3n) is 1.69. The second kappa shape index (κ2) is 8.95. The Bertz CT molecular complexity index is 200. The Morgan fingerprint density at radius 3 is 2.44 bits per heavy atom. The predicted molar refractivity (Wildman–Crippen MR) is 57.9 cm³/mol. The largest absolute Gasteiger partial charge is 0.411 e. The number of ether oxygens (including phenoxy) is 1. The molecule has 1 atom stereocenters. The molecule has 98 valence electrons. The van der Waals surface area contributed by atoms with Crippen LogP contribution in [-0.4, -0.2) is 48.7 Å². The topological polar surface area (TPSA) is 38.3 Å². The molecule has 0 bridgehead atoms. The van der Waals surface area contributed by atoms with Gasteiger partial charge in [-0.05, 0) is 25.9 Å². The third-order valence-corrected chi connectivity index (χ3v) is 2.56. The molecule has 0 spiro atoms. The number of halogens is 3. The van der Waals surface area contributed by atoms with Crippen molar-refractivity contribution in [1.82, 2.24) is 5.32 Å². The molecule has 0 aromatic heterocycles. The van der Waals surface area contributed by atoms with Crippen molar-refractivity contribution in [2.24, 2.45) is 0 Å². The highest BCUT2D eigenvalue weighted by Gasteiger charge is 2.26. The van der Waals surface area contributed by atoms with E-state index in [1.165, 1.54) is 0 Å². The highest BCUT2D eigenvalue weighted by molar-refractivity contribution is 7.84. The van der Waals surface area contributed by atoms with Crippen molar-refractivity contribution in [1.29, 1.82) is 0 Å². The Morgan fingerprint density at radius 2 is 1.88 bits per heavy atom. The van der Waals surface area contributed by atoms with Crippen LogP contribution >= 0.6 is 0 Å². The Morgan fingerprint density at radius 1 is 1.25 bits per heavy atom. The van der Waals surface area contributed by atoms with E-state index in [2.05, 4.69) is 10.1 Å². The molecule has 0 aliphatic rings. The van der Waals surface area contributed by atoms with Crippen molar-refractivity contribution in [2.45, 2.75) is 19.0 Å². The first-order chi connectivity index (χ1) is 7.42. The maximum Gasteiger partial charge on any atom is 0.411 e. The van der Waals surface area contributed by atoms with Gasteiger partial charge in [0.1, 0.15) is 6.61 Å². The molecule has 0 rings (SSSR count). The van der Waals surface area contributed by atoms with Gasteiger partial charge in [-0.15, -0.1) is 0 Å². The first-order valence-corrected chi connectivity index (χ1v) is 6.80. The van der Waals surface area contributed by atoms with E-state index in [0.29, 0.717) is 18.7 Å². The lowest BCUT2D eigenvalue weighted by Crippen LogP contribution is -2.21. The van der Waals surface area contributed by atoms with Crippen LogP contribution in [0.5, 0.6) is 0 Å². The van der Waals surface area contributed by atoms with Gasteiger partial charge in [0.2, 0.25) is 0 Å². The summed E-state index contributed by atoms with van der Waals surface area (Å²) in [5.41, 5.74) is 0. The number of rotatable bonds is 9.